The minimum absolute atomic E-state index is 0.291. The van der Waals surface area contributed by atoms with Crippen LogP contribution in [0.5, 0.6) is 5.88 Å². The van der Waals surface area contributed by atoms with Gasteiger partial charge in [0.25, 0.3) is 5.91 Å². The van der Waals surface area contributed by atoms with Crippen LogP contribution in [0.15, 0.2) is 55.3 Å². The van der Waals surface area contributed by atoms with Gasteiger partial charge in [0.15, 0.2) is 0 Å². The van der Waals surface area contributed by atoms with E-state index in [0.29, 0.717) is 36.0 Å². The number of ether oxygens (including phenoxy) is 1. The maximum atomic E-state index is 12.4. The van der Waals surface area contributed by atoms with Crippen molar-refractivity contribution in [3.05, 3.63) is 60.8 Å². The lowest BCUT2D eigenvalue weighted by Crippen LogP contribution is -2.28. The molecule has 3 N–H and O–H groups in total. The fourth-order valence-corrected chi connectivity index (χ4v) is 1.99. The van der Waals surface area contributed by atoms with Gasteiger partial charge >= 0.3 is 6.03 Å². The lowest BCUT2D eigenvalue weighted by molar-refractivity contribution is 0.102. The molecule has 0 saturated carbocycles. The van der Waals surface area contributed by atoms with E-state index in [-0.39, 0.29) is 11.9 Å². The SMILES string of the molecule is C=CCNC(=O)Nc1ccc(NC(=O)c2cccnc2OCC)cc1. The average Bonchev–Trinajstić information content (AvgIpc) is 2.62. The summed E-state index contributed by atoms with van der Waals surface area (Å²) in [6.45, 7) is 6.16. The molecular formula is C18H20N4O3. The first kappa shape index (κ1) is 18.0. The maximum absolute atomic E-state index is 12.4. The van der Waals surface area contributed by atoms with E-state index in [1.165, 1.54) is 0 Å². The molecular weight excluding hydrogens is 320 g/mol. The van der Waals surface area contributed by atoms with Crippen LogP contribution in [0.3, 0.4) is 0 Å². The average molecular weight is 340 g/mol. The van der Waals surface area contributed by atoms with E-state index in [9.17, 15) is 9.59 Å². The van der Waals surface area contributed by atoms with Gasteiger partial charge in [0, 0.05) is 24.1 Å². The minimum Gasteiger partial charge on any atom is -0.477 e. The van der Waals surface area contributed by atoms with E-state index >= 15 is 0 Å². The number of aromatic nitrogens is 1. The summed E-state index contributed by atoms with van der Waals surface area (Å²) in [7, 11) is 0. The standard InChI is InChI=1S/C18H20N4O3/c1-3-11-20-18(24)22-14-9-7-13(8-10-14)21-16(23)15-6-5-12-19-17(15)25-4-2/h3,5-10,12H,1,4,11H2,2H3,(H,21,23)(H2,20,22,24). The number of amides is 3. The molecule has 0 atom stereocenters. The Bertz CT molecular complexity index is 744. The van der Waals surface area contributed by atoms with Gasteiger partial charge in [-0.05, 0) is 43.3 Å². The number of rotatable bonds is 7. The predicted octanol–water partition coefficient (Wildman–Crippen LogP) is 3.04. The molecule has 0 aliphatic heterocycles. The Balaban J connectivity index is 2.00. The van der Waals surface area contributed by atoms with E-state index in [4.69, 9.17) is 4.74 Å². The van der Waals surface area contributed by atoms with Crippen LogP contribution in [-0.4, -0.2) is 30.1 Å². The second kappa shape index (κ2) is 9.07. The fourth-order valence-electron chi connectivity index (χ4n) is 1.99. The van der Waals surface area contributed by atoms with Crippen LogP contribution in [0.1, 0.15) is 17.3 Å². The fraction of sp³-hybridized carbons (Fsp3) is 0.167. The van der Waals surface area contributed by atoms with Gasteiger partial charge in [0.05, 0.1) is 6.61 Å². The van der Waals surface area contributed by atoms with Crippen molar-refractivity contribution in [1.82, 2.24) is 10.3 Å². The lowest BCUT2D eigenvalue weighted by atomic mass is 10.2. The maximum Gasteiger partial charge on any atom is 0.319 e. The Kier molecular flexibility index (Phi) is 6.53. The Hall–Kier alpha value is -3.35. The number of nitrogens with one attached hydrogen (secondary N) is 3. The summed E-state index contributed by atoms with van der Waals surface area (Å²) in [6, 6.07) is 9.76. The molecule has 0 unspecified atom stereocenters. The van der Waals surface area contributed by atoms with Crippen LogP contribution in [0, 0.1) is 0 Å². The molecule has 0 spiro atoms. The topological polar surface area (TPSA) is 92.4 Å². The number of nitrogens with zero attached hydrogens (tertiary/aromatic N) is 1. The highest BCUT2D eigenvalue weighted by Gasteiger charge is 2.13. The van der Waals surface area contributed by atoms with Gasteiger partial charge in [-0.3, -0.25) is 4.79 Å². The molecule has 130 valence electrons. The van der Waals surface area contributed by atoms with Gasteiger partial charge in [-0.15, -0.1) is 6.58 Å². The van der Waals surface area contributed by atoms with Crippen molar-refractivity contribution >= 4 is 23.3 Å². The van der Waals surface area contributed by atoms with E-state index in [2.05, 4.69) is 27.5 Å². The Morgan fingerprint density at radius 3 is 2.48 bits per heavy atom. The van der Waals surface area contributed by atoms with E-state index in [1.807, 2.05) is 6.92 Å². The van der Waals surface area contributed by atoms with Crippen LogP contribution >= 0.6 is 0 Å². The molecule has 3 amide bonds. The molecule has 0 fully saturated rings. The Morgan fingerprint density at radius 2 is 1.84 bits per heavy atom. The summed E-state index contributed by atoms with van der Waals surface area (Å²) >= 11 is 0. The highest BCUT2D eigenvalue weighted by molar-refractivity contribution is 6.05. The molecule has 1 aromatic carbocycles. The molecule has 0 aliphatic rings. The highest BCUT2D eigenvalue weighted by atomic mass is 16.5. The number of hydrogen-bond acceptors (Lipinski definition) is 4. The predicted molar refractivity (Wildman–Crippen MR) is 97.0 cm³/mol. The molecule has 7 nitrogen and oxygen atoms in total. The van der Waals surface area contributed by atoms with Gasteiger partial charge < -0.3 is 20.7 Å². The molecule has 0 radical (unpaired) electrons. The van der Waals surface area contributed by atoms with Crippen LogP contribution in [-0.2, 0) is 0 Å². The molecule has 0 aliphatic carbocycles. The van der Waals surface area contributed by atoms with Crippen molar-refractivity contribution < 1.29 is 14.3 Å². The summed E-state index contributed by atoms with van der Waals surface area (Å²) < 4.78 is 5.36. The molecule has 2 aromatic rings. The number of hydrogen-bond donors (Lipinski definition) is 3. The van der Waals surface area contributed by atoms with Crippen LogP contribution in [0.2, 0.25) is 0 Å². The summed E-state index contributed by atoms with van der Waals surface area (Å²) in [4.78, 5) is 28.0. The van der Waals surface area contributed by atoms with E-state index in [1.54, 1.807) is 48.7 Å². The Morgan fingerprint density at radius 1 is 1.16 bits per heavy atom. The molecule has 7 heteroatoms. The second-order valence-electron chi connectivity index (χ2n) is 4.94. The molecule has 1 heterocycles. The van der Waals surface area contributed by atoms with Gasteiger partial charge in [-0.25, -0.2) is 9.78 Å². The largest absolute Gasteiger partial charge is 0.477 e. The molecule has 0 saturated heterocycles. The quantitative estimate of drug-likeness (QED) is 0.676. The summed E-state index contributed by atoms with van der Waals surface area (Å²) in [6.07, 6.45) is 3.16. The number of pyridine rings is 1. The molecule has 1 aromatic heterocycles. The van der Waals surface area contributed by atoms with Crippen LogP contribution in [0.25, 0.3) is 0 Å². The first-order chi connectivity index (χ1) is 12.1. The number of benzene rings is 1. The van der Waals surface area contributed by atoms with Gasteiger partial charge in [0.2, 0.25) is 5.88 Å². The first-order valence-corrected chi connectivity index (χ1v) is 7.79. The molecule has 2 rings (SSSR count). The number of anilines is 2. The zero-order valence-corrected chi connectivity index (χ0v) is 13.9. The number of carbonyl (C=O) groups excluding carboxylic acids is 2. The van der Waals surface area contributed by atoms with Crippen molar-refractivity contribution in [3.63, 3.8) is 0 Å². The van der Waals surface area contributed by atoms with Crippen LogP contribution in [0.4, 0.5) is 16.2 Å². The second-order valence-corrected chi connectivity index (χ2v) is 4.94. The monoisotopic (exact) mass is 340 g/mol. The van der Waals surface area contributed by atoms with Crippen LogP contribution < -0.4 is 20.7 Å². The van der Waals surface area contributed by atoms with E-state index < -0.39 is 0 Å². The third-order valence-electron chi connectivity index (χ3n) is 3.10. The first-order valence-electron chi connectivity index (χ1n) is 7.79. The smallest absolute Gasteiger partial charge is 0.319 e. The zero-order valence-electron chi connectivity index (χ0n) is 13.9. The van der Waals surface area contributed by atoms with Crippen molar-refractivity contribution in [2.45, 2.75) is 6.92 Å². The van der Waals surface area contributed by atoms with Gasteiger partial charge in [0.1, 0.15) is 5.56 Å². The molecule has 0 bridgehead atoms. The van der Waals surface area contributed by atoms with Crippen molar-refractivity contribution in [3.8, 4) is 5.88 Å². The number of carbonyl (C=O) groups is 2. The van der Waals surface area contributed by atoms with Crippen molar-refractivity contribution in [1.29, 1.82) is 0 Å². The van der Waals surface area contributed by atoms with E-state index in [0.717, 1.165) is 0 Å². The Labute approximate surface area is 146 Å². The van der Waals surface area contributed by atoms with Gasteiger partial charge in [-0.2, -0.15) is 0 Å². The van der Waals surface area contributed by atoms with Crippen molar-refractivity contribution in [2.75, 3.05) is 23.8 Å². The third-order valence-corrected chi connectivity index (χ3v) is 3.10. The summed E-state index contributed by atoms with van der Waals surface area (Å²) in [5, 5.41) is 8.05. The highest BCUT2D eigenvalue weighted by Crippen LogP contribution is 2.18. The van der Waals surface area contributed by atoms with Crippen molar-refractivity contribution in [2.24, 2.45) is 0 Å². The minimum atomic E-state index is -0.326. The summed E-state index contributed by atoms with van der Waals surface area (Å²) in [5.41, 5.74) is 1.56. The number of urea groups is 1. The molecule has 25 heavy (non-hydrogen) atoms. The third kappa shape index (κ3) is 5.35. The lowest BCUT2D eigenvalue weighted by Gasteiger charge is -2.10. The van der Waals surface area contributed by atoms with Gasteiger partial charge in [-0.1, -0.05) is 6.08 Å². The summed E-state index contributed by atoms with van der Waals surface area (Å²) in [5.74, 6) is -0.0272. The normalized spacial score (nSPS) is 9.80. The zero-order chi connectivity index (χ0) is 18.1.